The molecule has 0 radical (unpaired) electrons. The lowest BCUT2D eigenvalue weighted by atomic mass is 9.93. The highest BCUT2D eigenvalue weighted by molar-refractivity contribution is 6.51. The van der Waals surface area contributed by atoms with Crippen molar-refractivity contribution >= 4 is 23.1 Å². The van der Waals surface area contributed by atoms with E-state index in [4.69, 9.17) is 4.74 Å². The number of anilines is 1. The quantitative estimate of drug-likeness (QED) is 0.293. The Balaban J connectivity index is 1.90. The monoisotopic (exact) mass is 457 g/mol. The number of hydrogen-bond acceptors (Lipinski definition) is 5. The second-order valence-electron chi connectivity index (χ2n) is 8.40. The summed E-state index contributed by atoms with van der Waals surface area (Å²) in [5.74, 6) is -1.32. The molecule has 4 rings (SSSR count). The summed E-state index contributed by atoms with van der Waals surface area (Å²) in [6.07, 6.45) is 0.868. The molecule has 6 nitrogen and oxygen atoms in total. The van der Waals surface area contributed by atoms with Crippen molar-refractivity contribution < 1.29 is 24.5 Å². The second-order valence-corrected chi connectivity index (χ2v) is 8.40. The van der Waals surface area contributed by atoms with E-state index < -0.39 is 17.7 Å². The van der Waals surface area contributed by atoms with Crippen LogP contribution in [0.1, 0.15) is 41.6 Å². The largest absolute Gasteiger partial charge is 0.507 e. The third-order valence-corrected chi connectivity index (χ3v) is 5.85. The van der Waals surface area contributed by atoms with Gasteiger partial charge in [0.2, 0.25) is 0 Å². The Hall–Kier alpha value is -4.06. The van der Waals surface area contributed by atoms with E-state index in [9.17, 15) is 19.8 Å². The van der Waals surface area contributed by atoms with Gasteiger partial charge in [0, 0.05) is 5.56 Å². The van der Waals surface area contributed by atoms with Gasteiger partial charge in [-0.3, -0.25) is 14.5 Å². The van der Waals surface area contributed by atoms with E-state index in [-0.39, 0.29) is 22.8 Å². The van der Waals surface area contributed by atoms with Gasteiger partial charge in [-0.25, -0.2) is 0 Å². The third-order valence-electron chi connectivity index (χ3n) is 5.85. The van der Waals surface area contributed by atoms with Gasteiger partial charge in [-0.2, -0.15) is 0 Å². The number of Topliss-reactive ketones (excluding diaryl/α,β-unsaturated/α-hetero) is 1. The van der Waals surface area contributed by atoms with Gasteiger partial charge in [-0.1, -0.05) is 48.9 Å². The maximum atomic E-state index is 13.3. The summed E-state index contributed by atoms with van der Waals surface area (Å²) in [6.45, 7) is 6.37. The van der Waals surface area contributed by atoms with Crippen molar-refractivity contribution in [3.05, 3.63) is 94.6 Å². The summed E-state index contributed by atoms with van der Waals surface area (Å²) < 4.78 is 5.72. The Morgan fingerprint density at radius 2 is 1.76 bits per heavy atom. The van der Waals surface area contributed by atoms with Gasteiger partial charge in [-0.05, 0) is 61.7 Å². The van der Waals surface area contributed by atoms with Crippen molar-refractivity contribution in [1.29, 1.82) is 0 Å². The lowest BCUT2D eigenvalue weighted by Crippen LogP contribution is -2.29. The second kappa shape index (κ2) is 9.43. The summed E-state index contributed by atoms with van der Waals surface area (Å²) in [5, 5.41) is 21.8. The number of phenols is 1. The van der Waals surface area contributed by atoms with Crippen molar-refractivity contribution in [3.8, 4) is 11.5 Å². The lowest BCUT2D eigenvalue weighted by Gasteiger charge is -2.26. The van der Waals surface area contributed by atoms with Crippen LogP contribution in [0, 0.1) is 13.8 Å². The summed E-state index contributed by atoms with van der Waals surface area (Å²) in [4.78, 5) is 27.7. The maximum absolute atomic E-state index is 13.3. The highest BCUT2D eigenvalue weighted by Crippen LogP contribution is 2.44. The molecule has 1 amide bonds. The first kappa shape index (κ1) is 23.1. The van der Waals surface area contributed by atoms with Crippen LogP contribution in [0.15, 0.2) is 72.3 Å². The molecular weight excluding hydrogens is 430 g/mol. The zero-order chi connectivity index (χ0) is 24.4. The van der Waals surface area contributed by atoms with Crippen LogP contribution in [-0.2, 0) is 9.59 Å². The smallest absolute Gasteiger partial charge is 0.300 e. The summed E-state index contributed by atoms with van der Waals surface area (Å²) in [6, 6.07) is 18.0. The Kier molecular flexibility index (Phi) is 6.41. The van der Waals surface area contributed by atoms with E-state index in [1.165, 1.54) is 11.0 Å². The number of benzene rings is 3. The first-order chi connectivity index (χ1) is 16.3. The zero-order valence-corrected chi connectivity index (χ0v) is 19.4. The normalized spacial score (nSPS) is 17.3. The standard InChI is InChI=1S/C28H27NO5/c1-4-14-34-23-13-12-20(16-18(23)3)26(31)24-25(19-9-7-8-17(2)15-19)29(28(33)27(24)32)21-10-5-6-11-22(21)30/h5-13,15-16,25,30-31H,4,14H2,1-3H3/b26-24-. The van der Waals surface area contributed by atoms with Crippen molar-refractivity contribution in [2.75, 3.05) is 11.5 Å². The Labute approximate surface area is 198 Å². The number of para-hydroxylation sites is 2. The number of carbonyl (C=O) groups is 2. The lowest BCUT2D eigenvalue weighted by molar-refractivity contribution is -0.132. The fraction of sp³-hybridized carbons (Fsp3) is 0.214. The topological polar surface area (TPSA) is 87.1 Å². The molecule has 0 spiro atoms. The Morgan fingerprint density at radius 1 is 1.00 bits per heavy atom. The fourth-order valence-corrected chi connectivity index (χ4v) is 4.23. The van der Waals surface area contributed by atoms with Crippen molar-refractivity contribution in [3.63, 3.8) is 0 Å². The zero-order valence-electron chi connectivity index (χ0n) is 19.4. The molecule has 0 saturated carbocycles. The summed E-state index contributed by atoms with van der Waals surface area (Å²) >= 11 is 0. The van der Waals surface area contributed by atoms with E-state index in [0.29, 0.717) is 23.5 Å². The molecule has 1 aliphatic rings. The predicted octanol–water partition coefficient (Wildman–Crippen LogP) is 5.42. The van der Waals surface area contributed by atoms with E-state index >= 15 is 0 Å². The highest BCUT2D eigenvalue weighted by Gasteiger charge is 2.47. The maximum Gasteiger partial charge on any atom is 0.300 e. The minimum absolute atomic E-state index is 0.0273. The molecule has 1 saturated heterocycles. The number of ether oxygens (including phenoxy) is 1. The number of aromatic hydroxyl groups is 1. The van der Waals surface area contributed by atoms with Gasteiger partial charge in [-0.15, -0.1) is 0 Å². The van der Waals surface area contributed by atoms with Crippen LogP contribution in [0.2, 0.25) is 0 Å². The number of carbonyl (C=O) groups excluding carboxylic acids is 2. The van der Waals surface area contributed by atoms with E-state index in [0.717, 1.165) is 17.5 Å². The number of ketones is 1. The third kappa shape index (κ3) is 4.15. The van der Waals surface area contributed by atoms with Crippen LogP contribution in [-0.4, -0.2) is 28.5 Å². The van der Waals surface area contributed by atoms with Crippen LogP contribution < -0.4 is 9.64 Å². The summed E-state index contributed by atoms with van der Waals surface area (Å²) in [7, 11) is 0. The molecule has 1 unspecified atom stereocenters. The number of rotatable bonds is 6. The van der Waals surface area contributed by atoms with E-state index in [1.807, 2.05) is 39.0 Å². The number of aryl methyl sites for hydroxylation is 2. The molecular formula is C28H27NO5. The SMILES string of the molecule is CCCOc1ccc(/C(O)=C2/C(=O)C(=O)N(c3ccccc3O)C2c2cccc(C)c2)cc1C. The van der Waals surface area contributed by atoms with Gasteiger partial charge >= 0.3 is 0 Å². The van der Waals surface area contributed by atoms with Crippen LogP contribution >= 0.6 is 0 Å². The molecule has 1 aliphatic heterocycles. The number of aliphatic hydroxyl groups is 1. The number of hydrogen-bond donors (Lipinski definition) is 2. The van der Waals surface area contributed by atoms with Crippen LogP contribution in [0.5, 0.6) is 11.5 Å². The van der Waals surface area contributed by atoms with Gasteiger partial charge in [0.05, 0.1) is 23.9 Å². The van der Waals surface area contributed by atoms with Gasteiger partial charge in [0.25, 0.3) is 11.7 Å². The highest BCUT2D eigenvalue weighted by atomic mass is 16.5. The van der Waals surface area contributed by atoms with Gasteiger partial charge in [0.15, 0.2) is 0 Å². The van der Waals surface area contributed by atoms with Gasteiger partial charge in [0.1, 0.15) is 17.3 Å². The minimum atomic E-state index is -0.899. The molecule has 2 N–H and O–H groups in total. The molecule has 1 heterocycles. The molecule has 3 aromatic rings. The Bertz CT molecular complexity index is 1290. The minimum Gasteiger partial charge on any atom is -0.507 e. The molecule has 1 atom stereocenters. The van der Waals surface area contributed by atoms with Crippen LogP contribution in [0.25, 0.3) is 5.76 Å². The fourth-order valence-electron chi connectivity index (χ4n) is 4.23. The average molecular weight is 458 g/mol. The molecule has 3 aromatic carbocycles. The molecule has 0 bridgehead atoms. The number of phenolic OH excluding ortho intramolecular Hbond substituents is 1. The molecule has 174 valence electrons. The molecule has 1 fully saturated rings. The van der Waals surface area contributed by atoms with Crippen LogP contribution in [0.4, 0.5) is 5.69 Å². The molecule has 34 heavy (non-hydrogen) atoms. The molecule has 6 heteroatoms. The van der Waals surface area contributed by atoms with E-state index in [1.54, 1.807) is 42.5 Å². The summed E-state index contributed by atoms with van der Waals surface area (Å²) in [5.41, 5.74) is 2.99. The first-order valence-electron chi connectivity index (χ1n) is 11.2. The molecule has 0 aromatic heterocycles. The van der Waals surface area contributed by atoms with Crippen molar-refractivity contribution in [1.82, 2.24) is 0 Å². The molecule has 0 aliphatic carbocycles. The van der Waals surface area contributed by atoms with Crippen molar-refractivity contribution in [2.45, 2.75) is 33.2 Å². The predicted molar refractivity (Wildman–Crippen MR) is 131 cm³/mol. The van der Waals surface area contributed by atoms with Crippen molar-refractivity contribution in [2.24, 2.45) is 0 Å². The van der Waals surface area contributed by atoms with Crippen LogP contribution in [0.3, 0.4) is 0 Å². The van der Waals surface area contributed by atoms with Gasteiger partial charge < -0.3 is 14.9 Å². The van der Waals surface area contributed by atoms with E-state index in [2.05, 4.69) is 0 Å². The number of nitrogens with zero attached hydrogens (tertiary/aromatic N) is 1. The average Bonchev–Trinajstić information content (AvgIpc) is 3.08. The number of aliphatic hydroxyl groups excluding tert-OH is 1. The Morgan fingerprint density at radius 3 is 2.44 bits per heavy atom. The number of amides is 1. The first-order valence-corrected chi connectivity index (χ1v) is 11.2.